The van der Waals surface area contributed by atoms with Crippen LogP contribution in [0, 0.1) is 0 Å². The maximum atomic E-state index is 11.5. The molecule has 0 spiro atoms. The highest BCUT2D eigenvalue weighted by Crippen LogP contribution is 2.48. The average Bonchev–Trinajstić information content (AvgIpc) is 2.73. The molecule has 0 amide bonds. The molecular weight excluding hydrogens is 360 g/mol. The van der Waals surface area contributed by atoms with E-state index in [0.29, 0.717) is 6.42 Å². The van der Waals surface area contributed by atoms with Gasteiger partial charge in [-0.15, -0.1) is 0 Å². The lowest BCUT2D eigenvalue weighted by atomic mass is 9.78. The Kier molecular flexibility index (Phi) is 4.87. The van der Waals surface area contributed by atoms with Gasteiger partial charge in [-0.25, -0.2) is 0 Å². The van der Waals surface area contributed by atoms with Crippen LogP contribution in [-0.2, 0) is 11.2 Å². The fourth-order valence-corrected chi connectivity index (χ4v) is 4.00. The highest BCUT2D eigenvalue weighted by Gasteiger charge is 2.41. The molecule has 150 valence electrons. The van der Waals surface area contributed by atoms with Gasteiger partial charge in [-0.3, -0.25) is 0 Å². The Hall–Kier alpha value is -2.78. The molecule has 2 atom stereocenters. The van der Waals surface area contributed by atoms with Crippen molar-refractivity contribution in [3.05, 3.63) is 95.1 Å². The first kappa shape index (κ1) is 19.5. The maximum absolute atomic E-state index is 11.5. The molecule has 3 aromatic carbocycles. The van der Waals surface area contributed by atoms with Gasteiger partial charge >= 0.3 is 0 Å². The summed E-state index contributed by atoms with van der Waals surface area (Å²) in [6.45, 7) is 6.63. The van der Waals surface area contributed by atoms with Gasteiger partial charge in [0.1, 0.15) is 11.5 Å². The van der Waals surface area contributed by atoms with Crippen LogP contribution in [0.1, 0.15) is 55.4 Å². The van der Waals surface area contributed by atoms with Gasteiger partial charge in [0.15, 0.2) is 0 Å². The van der Waals surface area contributed by atoms with Gasteiger partial charge in [0.25, 0.3) is 0 Å². The predicted octanol–water partition coefficient (Wildman–Crippen LogP) is 5.75. The van der Waals surface area contributed by atoms with Crippen molar-refractivity contribution in [1.29, 1.82) is 0 Å². The Morgan fingerprint density at radius 1 is 0.966 bits per heavy atom. The molecular formula is C26H28O3. The van der Waals surface area contributed by atoms with E-state index in [9.17, 15) is 5.11 Å². The molecule has 0 fully saturated rings. The van der Waals surface area contributed by atoms with Crippen molar-refractivity contribution < 1.29 is 14.6 Å². The number of benzene rings is 3. The highest BCUT2D eigenvalue weighted by atomic mass is 16.6. The smallest absolute Gasteiger partial charge is 0.235 e. The first-order valence-corrected chi connectivity index (χ1v) is 10.1. The summed E-state index contributed by atoms with van der Waals surface area (Å²) < 4.78 is 11.5. The standard InChI is InChI=1S/C26H28O3/c1-25(2,3)20-12-15-24-22(16-20)23(18-10-13-21(28-4)14-11-18)17-26(27,29-24)19-8-6-5-7-9-19/h5-16,23,27H,17H2,1-4H3/t23-,26+/m1/s1. The molecule has 0 aromatic heterocycles. The number of hydrogen-bond acceptors (Lipinski definition) is 3. The molecule has 1 aliphatic rings. The van der Waals surface area contributed by atoms with Crippen molar-refractivity contribution in [1.82, 2.24) is 0 Å². The van der Waals surface area contributed by atoms with Crippen molar-refractivity contribution in [3.8, 4) is 11.5 Å². The Morgan fingerprint density at radius 2 is 1.66 bits per heavy atom. The van der Waals surface area contributed by atoms with E-state index in [0.717, 1.165) is 28.2 Å². The van der Waals surface area contributed by atoms with Crippen LogP contribution in [0.15, 0.2) is 72.8 Å². The summed E-state index contributed by atoms with van der Waals surface area (Å²) in [5.41, 5.74) is 4.30. The second kappa shape index (κ2) is 7.23. The molecule has 0 bridgehead atoms. The van der Waals surface area contributed by atoms with E-state index < -0.39 is 5.79 Å². The number of hydrogen-bond donors (Lipinski definition) is 1. The van der Waals surface area contributed by atoms with E-state index in [1.165, 1.54) is 5.56 Å². The number of methoxy groups -OCH3 is 1. The molecule has 3 aromatic rings. The third-order valence-electron chi connectivity index (χ3n) is 5.75. The summed E-state index contributed by atoms with van der Waals surface area (Å²) in [4.78, 5) is 0. The summed E-state index contributed by atoms with van der Waals surface area (Å²) in [5.74, 6) is 0.193. The van der Waals surface area contributed by atoms with Crippen LogP contribution >= 0.6 is 0 Å². The normalized spacial score (nSPS) is 21.2. The van der Waals surface area contributed by atoms with E-state index in [-0.39, 0.29) is 11.3 Å². The third-order valence-corrected chi connectivity index (χ3v) is 5.75. The summed E-state index contributed by atoms with van der Waals surface area (Å²) in [7, 11) is 1.67. The lowest BCUT2D eigenvalue weighted by Crippen LogP contribution is -2.38. The number of aliphatic hydroxyl groups is 1. The Morgan fingerprint density at radius 3 is 2.28 bits per heavy atom. The van der Waals surface area contributed by atoms with Crippen molar-refractivity contribution >= 4 is 0 Å². The lowest BCUT2D eigenvalue weighted by Gasteiger charge is -2.39. The summed E-state index contributed by atoms with van der Waals surface area (Å²) >= 11 is 0. The zero-order chi connectivity index (χ0) is 20.6. The molecule has 1 heterocycles. The topological polar surface area (TPSA) is 38.7 Å². The Bertz CT molecular complexity index is 987. The van der Waals surface area contributed by atoms with Crippen LogP contribution in [-0.4, -0.2) is 12.2 Å². The monoisotopic (exact) mass is 388 g/mol. The highest BCUT2D eigenvalue weighted by molar-refractivity contribution is 5.49. The van der Waals surface area contributed by atoms with Crippen molar-refractivity contribution in [2.45, 2.75) is 44.3 Å². The van der Waals surface area contributed by atoms with Gasteiger partial charge in [0.05, 0.1) is 7.11 Å². The maximum Gasteiger partial charge on any atom is 0.235 e. The summed E-state index contributed by atoms with van der Waals surface area (Å²) in [6.07, 6.45) is 0.448. The van der Waals surface area contributed by atoms with E-state index in [1.54, 1.807) is 7.11 Å². The quantitative estimate of drug-likeness (QED) is 0.621. The molecule has 0 radical (unpaired) electrons. The fraction of sp³-hybridized carbons (Fsp3) is 0.308. The zero-order valence-electron chi connectivity index (χ0n) is 17.5. The van der Waals surface area contributed by atoms with Crippen LogP contribution in [0.2, 0.25) is 0 Å². The van der Waals surface area contributed by atoms with Crippen molar-refractivity contribution in [2.75, 3.05) is 7.11 Å². The molecule has 0 aliphatic carbocycles. The van der Waals surface area contributed by atoms with Crippen LogP contribution < -0.4 is 9.47 Å². The lowest BCUT2D eigenvalue weighted by molar-refractivity contribution is -0.161. The predicted molar refractivity (Wildman–Crippen MR) is 116 cm³/mol. The third kappa shape index (κ3) is 3.75. The first-order chi connectivity index (χ1) is 13.8. The minimum absolute atomic E-state index is 0.0113. The molecule has 0 saturated carbocycles. The molecule has 1 N–H and O–H groups in total. The number of rotatable bonds is 3. The molecule has 3 heteroatoms. The van der Waals surface area contributed by atoms with Gasteiger partial charge in [-0.1, -0.05) is 75.4 Å². The number of fused-ring (bicyclic) bond motifs is 1. The van der Waals surface area contributed by atoms with Crippen molar-refractivity contribution in [2.24, 2.45) is 0 Å². The molecule has 4 rings (SSSR count). The molecule has 3 nitrogen and oxygen atoms in total. The Labute approximate surface area is 172 Å². The van der Waals surface area contributed by atoms with Crippen LogP contribution in [0.25, 0.3) is 0 Å². The zero-order valence-corrected chi connectivity index (χ0v) is 17.5. The number of ether oxygens (including phenoxy) is 2. The van der Waals surface area contributed by atoms with Gasteiger partial charge < -0.3 is 14.6 Å². The van der Waals surface area contributed by atoms with E-state index >= 15 is 0 Å². The average molecular weight is 389 g/mol. The fourth-order valence-electron chi connectivity index (χ4n) is 4.00. The second-order valence-corrected chi connectivity index (χ2v) is 8.78. The minimum atomic E-state index is -1.37. The van der Waals surface area contributed by atoms with E-state index in [1.807, 2.05) is 48.5 Å². The molecule has 0 unspecified atom stereocenters. The van der Waals surface area contributed by atoms with Gasteiger partial charge in [-0.2, -0.15) is 0 Å². The Balaban J connectivity index is 1.84. The van der Waals surface area contributed by atoms with E-state index in [4.69, 9.17) is 9.47 Å². The van der Waals surface area contributed by atoms with Crippen molar-refractivity contribution in [3.63, 3.8) is 0 Å². The largest absolute Gasteiger partial charge is 0.497 e. The van der Waals surface area contributed by atoms with Gasteiger partial charge in [0, 0.05) is 23.5 Å². The van der Waals surface area contributed by atoms with Crippen LogP contribution in [0.4, 0.5) is 0 Å². The molecule has 0 saturated heterocycles. The SMILES string of the molecule is COc1ccc([C@H]2C[C@@](O)(c3ccccc3)Oc3ccc(C(C)(C)C)cc32)cc1. The van der Waals surface area contributed by atoms with Gasteiger partial charge in [-0.05, 0) is 34.7 Å². The van der Waals surface area contributed by atoms with Crippen LogP contribution in [0.5, 0.6) is 11.5 Å². The summed E-state index contributed by atoms with van der Waals surface area (Å²) in [5, 5.41) is 11.5. The van der Waals surface area contributed by atoms with Gasteiger partial charge in [0.2, 0.25) is 5.79 Å². The van der Waals surface area contributed by atoms with Crippen LogP contribution in [0.3, 0.4) is 0 Å². The molecule has 29 heavy (non-hydrogen) atoms. The second-order valence-electron chi connectivity index (χ2n) is 8.78. The summed E-state index contributed by atoms with van der Waals surface area (Å²) in [6, 6.07) is 24.1. The van der Waals surface area contributed by atoms with E-state index in [2.05, 4.69) is 45.0 Å². The first-order valence-electron chi connectivity index (χ1n) is 10.1. The minimum Gasteiger partial charge on any atom is -0.497 e. The molecule has 1 aliphatic heterocycles.